The molecule has 0 bridgehead atoms. The second-order valence-electron chi connectivity index (χ2n) is 4.10. The molecule has 0 aliphatic rings. The molecular formula is C12H19N5. The van der Waals surface area contributed by atoms with Crippen molar-refractivity contribution in [3.8, 4) is 0 Å². The molecule has 0 atom stereocenters. The van der Waals surface area contributed by atoms with Crippen molar-refractivity contribution in [1.82, 2.24) is 19.7 Å². The number of aromatic nitrogens is 4. The van der Waals surface area contributed by atoms with Crippen molar-refractivity contribution < 1.29 is 0 Å². The SMILES string of the molecule is CCCCNc1ncnc2c(C)nn(CC)c12. The molecule has 5 nitrogen and oxygen atoms in total. The number of unbranched alkanes of at least 4 members (excludes halogenated alkanes) is 1. The Balaban J connectivity index is 2.40. The first kappa shape index (κ1) is 11.8. The monoisotopic (exact) mass is 233 g/mol. The van der Waals surface area contributed by atoms with Gasteiger partial charge in [0, 0.05) is 13.1 Å². The number of fused-ring (bicyclic) bond motifs is 1. The van der Waals surface area contributed by atoms with Gasteiger partial charge in [0.1, 0.15) is 17.4 Å². The van der Waals surface area contributed by atoms with Crippen LogP contribution in [0.3, 0.4) is 0 Å². The Morgan fingerprint density at radius 3 is 2.82 bits per heavy atom. The fourth-order valence-corrected chi connectivity index (χ4v) is 1.91. The molecule has 1 N–H and O–H groups in total. The topological polar surface area (TPSA) is 55.6 Å². The first-order chi connectivity index (χ1) is 8.27. The summed E-state index contributed by atoms with van der Waals surface area (Å²) < 4.78 is 1.96. The van der Waals surface area contributed by atoms with Gasteiger partial charge >= 0.3 is 0 Å². The molecule has 92 valence electrons. The lowest BCUT2D eigenvalue weighted by Crippen LogP contribution is -2.06. The summed E-state index contributed by atoms with van der Waals surface area (Å²) in [5.41, 5.74) is 2.92. The van der Waals surface area contributed by atoms with Crippen molar-refractivity contribution in [2.45, 2.75) is 40.2 Å². The maximum Gasteiger partial charge on any atom is 0.155 e. The van der Waals surface area contributed by atoms with E-state index in [1.807, 2.05) is 11.6 Å². The third-order valence-electron chi connectivity index (χ3n) is 2.82. The van der Waals surface area contributed by atoms with E-state index >= 15 is 0 Å². The van der Waals surface area contributed by atoms with Gasteiger partial charge in [-0.15, -0.1) is 0 Å². The number of hydrogen-bond donors (Lipinski definition) is 1. The van der Waals surface area contributed by atoms with Crippen LogP contribution in [0.25, 0.3) is 11.0 Å². The fraction of sp³-hybridized carbons (Fsp3) is 0.583. The van der Waals surface area contributed by atoms with E-state index in [2.05, 4.69) is 34.2 Å². The molecular weight excluding hydrogens is 214 g/mol. The molecule has 2 rings (SSSR count). The predicted octanol–water partition coefficient (Wildman–Crippen LogP) is 2.37. The van der Waals surface area contributed by atoms with Gasteiger partial charge in [0.05, 0.1) is 5.69 Å². The normalized spacial score (nSPS) is 11.0. The van der Waals surface area contributed by atoms with Crippen molar-refractivity contribution in [1.29, 1.82) is 0 Å². The Morgan fingerprint density at radius 1 is 1.29 bits per heavy atom. The number of rotatable bonds is 5. The van der Waals surface area contributed by atoms with E-state index in [1.54, 1.807) is 6.33 Å². The van der Waals surface area contributed by atoms with Gasteiger partial charge in [-0.05, 0) is 20.3 Å². The molecule has 0 radical (unpaired) electrons. The minimum absolute atomic E-state index is 0.834. The van der Waals surface area contributed by atoms with Crippen LogP contribution in [-0.4, -0.2) is 26.3 Å². The Morgan fingerprint density at radius 2 is 2.12 bits per heavy atom. The molecule has 17 heavy (non-hydrogen) atoms. The molecule has 0 unspecified atom stereocenters. The lowest BCUT2D eigenvalue weighted by molar-refractivity contribution is 0.675. The quantitative estimate of drug-likeness (QED) is 0.805. The van der Waals surface area contributed by atoms with E-state index in [-0.39, 0.29) is 0 Å². The van der Waals surface area contributed by atoms with Crippen LogP contribution in [0.2, 0.25) is 0 Å². The Kier molecular flexibility index (Phi) is 3.56. The maximum absolute atomic E-state index is 4.47. The van der Waals surface area contributed by atoms with Gasteiger partial charge in [0.2, 0.25) is 0 Å². The predicted molar refractivity (Wildman–Crippen MR) is 69.1 cm³/mol. The number of anilines is 1. The zero-order valence-electron chi connectivity index (χ0n) is 10.7. The van der Waals surface area contributed by atoms with Crippen LogP contribution >= 0.6 is 0 Å². The van der Waals surface area contributed by atoms with Crippen LogP contribution in [0.1, 0.15) is 32.4 Å². The summed E-state index contributed by atoms with van der Waals surface area (Å²) in [5, 5.41) is 7.84. The molecule has 5 heteroatoms. The standard InChI is InChI=1S/C12H19N5/c1-4-6-7-13-12-11-10(14-8-15-12)9(3)16-17(11)5-2/h8H,4-7H2,1-3H3,(H,13,14,15). The van der Waals surface area contributed by atoms with Crippen LogP contribution in [-0.2, 0) is 6.54 Å². The minimum Gasteiger partial charge on any atom is -0.368 e. The van der Waals surface area contributed by atoms with Crippen LogP contribution in [0, 0.1) is 6.92 Å². The zero-order chi connectivity index (χ0) is 12.3. The summed E-state index contributed by atoms with van der Waals surface area (Å²) in [5.74, 6) is 0.894. The molecule has 0 fully saturated rings. The largest absolute Gasteiger partial charge is 0.368 e. The molecule has 0 saturated heterocycles. The van der Waals surface area contributed by atoms with E-state index in [1.165, 1.54) is 6.42 Å². The highest BCUT2D eigenvalue weighted by atomic mass is 15.3. The first-order valence-corrected chi connectivity index (χ1v) is 6.19. The summed E-state index contributed by atoms with van der Waals surface area (Å²) in [6.07, 6.45) is 3.92. The van der Waals surface area contributed by atoms with E-state index in [0.29, 0.717) is 0 Å². The summed E-state index contributed by atoms with van der Waals surface area (Å²) in [6.45, 7) is 8.01. The highest BCUT2D eigenvalue weighted by molar-refractivity contribution is 5.87. The van der Waals surface area contributed by atoms with Gasteiger partial charge in [-0.3, -0.25) is 4.68 Å². The highest BCUT2D eigenvalue weighted by Crippen LogP contribution is 2.21. The third kappa shape index (κ3) is 2.23. The number of nitrogens with zero attached hydrogens (tertiary/aromatic N) is 4. The van der Waals surface area contributed by atoms with Crippen LogP contribution in [0.5, 0.6) is 0 Å². The van der Waals surface area contributed by atoms with Crippen LogP contribution in [0.4, 0.5) is 5.82 Å². The molecule has 0 amide bonds. The Labute approximate surface area is 101 Å². The fourth-order valence-electron chi connectivity index (χ4n) is 1.91. The van der Waals surface area contributed by atoms with Crippen molar-refractivity contribution in [2.75, 3.05) is 11.9 Å². The first-order valence-electron chi connectivity index (χ1n) is 6.19. The molecule has 0 saturated carbocycles. The second kappa shape index (κ2) is 5.12. The van der Waals surface area contributed by atoms with Gasteiger partial charge in [-0.1, -0.05) is 13.3 Å². The van der Waals surface area contributed by atoms with Gasteiger partial charge < -0.3 is 5.32 Å². The lowest BCUT2D eigenvalue weighted by atomic mass is 10.3. The highest BCUT2D eigenvalue weighted by Gasteiger charge is 2.12. The van der Waals surface area contributed by atoms with Crippen LogP contribution in [0.15, 0.2) is 6.33 Å². The molecule has 0 aromatic carbocycles. The van der Waals surface area contributed by atoms with E-state index < -0.39 is 0 Å². The molecule has 2 heterocycles. The molecule has 0 spiro atoms. The van der Waals surface area contributed by atoms with E-state index in [4.69, 9.17) is 0 Å². The van der Waals surface area contributed by atoms with Gasteiger partial charge in [0.15, 0.2) is 5.82 Å². The van der Waals surface area contributed by atoms with Crippen molar-refractivity contribution in [3.63, 3.8) is 0 Å². The Bertz CT molecular complexity index is 503. The van der Waals surface area contributed by atoms with Gasteiger partial charge in [0.25, 0.3) is 0 Å². The van der Waals surface area contributed by atoms with Crippen molar-refractivity contribution in [2.24, 2.45) is 0 Å². The summed E-state index contributed by atoms with van der Waals surface area (Å²) >= 11 is 0. The average Bonchev–Trinajstić information content (AvgIpc) is 2.68. The molecule has 2 aromatic heterocycles. The third-order valence-corrected chi connectivity index (χ3v) is 2.82. The lowest BCUT2D eigenvalue weighted by Gasteiger charge is -2.07. The molecule has 0 aliphatic carbocycles. The Hall–Kier alpha value is -1.65. The van der Waals surface area contributed by atoms with Gasteiger partial charge in [-0.25, -0.2) is 9.97 Å². The minimum atomic E-state index is 0.834. The van der Waals surface area contributed by atoms with Crippen LogP contribution < -0.4 is 5.32 Å². The zero-order valence-corrected chi connectivity index (χ0v) is 10.7. The second-order valence-corrected chi connectivity index (χ2v) is 4.10. The van der Waals surface area contributed by atoms with E-state index in [9.17, 15) is 0 Å². The van der Waals surface area contributed by atoms with E-state index in [0.717, 1.165) is 42.1 Å². The summed E-state index contributed by atoms with van der Waals surface area (Å²) in [7, 11) is 0. The summed E-state index contributed by atoms with van der Waals surface area (Å²) in [4.78, 5) is 8.62. The number of aryl methyl sites for hydroxylation is 2. The van der Waals surface area contributed by atoms with Gasteiger partial charge in [-0.2, -0.15) is 5.10 Å². The number of hydrogen-bond acceptors (Lipinski definition) is 4. The smallest absolute Gasteiger partial charge is 0.155 e. The van der Waals surface area contributed by atoms with Crippen molar-refractivity contribution >= 4 is 16.9 Å². The number of nitrogens with one attached hydrogen (secondary N) is 1. The molecule has 2 aromatic rings. The maximum atomic E-state index is 4.47. The average molecular weight is 233 g/mol. The molecule has 0 aliphatic heterocycles. The van der Waals surface area contributed by atoms with Crippen molar-refractivity contribution in [3.05, 3.63) is 12.0 Å². The summed E-state index contributed by atoms with van der Waals surface area (Å²) in [6, 6.07) is 0.